The summed E-state index contributed by atoms with van der Waals surface area (Å²) in [7, 11) is 0. The number of aliphatic hydroxyl groups is 4. The van der Waals surface area contributed by atoms with E-state index in [0.29, 0.717) is 6.42 Å². The maximum atomic E-state index is 10.5. The Morgan fingerprint density at radius 2 is 1.42 bits per heavy atom. The predicted octanol–water partition coefficient (Wildman–Crippen LogP) is 1.55. The molecule has 0 amide bonds. The summed E-state index contributed by atoms with van der Waals surface area (Å²) >= 11 is 0. The van der Waals surface area contributed by atoms with Crippen molar-refractivity contribution in [3.8, 4) is 0 Å². The van der Waals surface area contributed by atoms with Gasteiger partial charge in [-0.05, 0) is 25.2 Å². The minimum atomic E-state index is -0.921. The lowest BCUT2D eigenvalue weighted by Crippen LogP contribution is -2.53. The Hall–Kier alpha value is -0.160. The van der Waals surface area contributed by atoms with Gasteiger partial charge in [0.15, 0.2) is 0 Å². The second kappa shape index (κ2) is 7.58. The first-order valence-electron chi connectivity index (χ1n) is 7.32. The molecule has 0 aliphatic rings. The Labute approximate surface area is 117 Å². The van der Waals surface area contributed by atoms with Crippen molar-refractivity contribution in [1.29, 1.82) is 0 Å². The van der Waals surface area contributed by atoms with Crippen LogP contribution >= 0.6 is 0 Å². The quantitative estimate of drug-likeness (QED) is 0.542. The zero-order chi connectivity index (χ0) is 15.4. The first kappa shape index (κ1) is 18.8. The molecule has 0 aliphatic heterocycles. The molecule has 0 aromatic rings. The van der Waals surface area contributed by atoms with E-state index in [1.54, 1.807) is 0 Å². The maximum Gasteiger partial charge on any atom is 0.0858 e. The van der Waals surface area contributed by atoms with E-state index in [1.807, 2.05) is 34.6 Å². The van der Waals surface area contributed by atoms with Crippen molar-refractivity contribution in [3.05, 3.63) is 0 Å². The zero-order valence-corrected chi connectivity index (χ0v) is 13.2. The van der Waals surface area contributed by atoms with Crippen LogP contribution < -0.4 is 0 Å². The van der Waals surface area contributed by atoms with E-state index in [9.17, 15) is 20.4 Å². The van der Waals surface area contributed by atoms with Gasteiger partial charge in [-0.15, -0.1) is 0 Å². The van der Waals surface area contributed by atoms with Gasteiger partial charge in [-0.25, -0.2) is 0 Å². The normalized spacial score (nSPS) is 23.5. The molecule has 0 saturated carbocycles. The third-order valence-corrected chi connectivity index (χ3v) is 4.82. The van der Waals surface area contributed by atoms with Gasteiger partial charge in [0.25, 0.3) is 0 Å². The van der Waals surface area contributed by atoms with Gasteiger partial charge in [-0.3, -0.25) is 0 Å². The summed E-state index contributed by atoms with van der Waals surface area (Å²) in [5.41, 5.74) is -0.662. The molecule has 4 nitrogen and oxygen atoms in total. The minimum absolute atomic E-state index is 0.0670. The van der Waals surface area contributed by atoms with Crippen LogP contribution in [0, 0.1) is 17.3 Å². The zero-order valence-electron chi connectivity index (χ0n) is 13.2. The van der Waals surface area contributed by atoms with Crippen LogP contribution in [0.1, 0.15) is 54.4 Å². The van der Waals surface area contributed by atoms with Crippen LogP contribution in [0.25, 0.3) is 0 Å². The van der Waals surface area contributed by atoms with Gasteiger partial charge in [0, 0.05) is 5.41 Å². The molecule has 0 radical (unpaired) electrons. The lowest BCUT2D eigenvalue weighted by Gasteiger charge is -2.47. The van der Waals surface area contributed by atoms with Gasteiger partial charge in [-0.1, -0.05) is 41.0 Å². The summed E-state index contributed by atoms with van der Waals surface area (Å²) in [6, 6.07) is 0. The van der Waals surface area contributed by atoms with Crippen LogP contribution in [0.5, 0.6) is 0 Å². The van der Waals surface area contributed by atoms with E-state index in [0.717, 1.165) is 6.42 Å². The molecule has 0 heterocycles. The van der Waals surface area contributed by atoms with Gasteiger partial charge in [-0.2, -0.15) is 0 Å². The molecule has 0 fully saturated rings. The highest BCUT2D eigenvalue weighted by Crippen LogP contribution is 2.43. The summed E-state index contributed by atoms with van der Waals surface area (Å²) in [4.78, 5) is 0. The fourth-order valence-electron chi connectivity index (χ4n) is 2.79. The Balaban J connectivity index is 5.24. The van der Waals surface area contributed by atoms with Crippen molar-refractivity contribution in [2.24, 2.45) is 17.3 Å². The second-order valence-corrected chi connectivity index (χ2v) is 6.34. The van der Waals surface area contributed by atoms with Crippen molar-refractivity contribution in [2.75, 3.05) is 0 Å². The van der Waals surface area contributed by atoms with E-state index in [-0.39, 0.29) is 11.8 Å². The highest BCUT2D eigenvalue weighted by molar-refractivity contribution is 4.96. The van der Waals surface area contributed by atoms with Crippen LogP contribution in [0.4, 0.5) is 0 Å². The summed E-state index contributed by atoms with van der Waals surface area (Å²) in [6.07, 6.45) is -2.18. The molecule has 0 aromatic heterocycles. The summed E-state index contributed by atoms with van der Waals surface area (Å²) in [5, 5.41) is 40.2. The SMILES string of the molecule is CCC[C@H](O)[C@@H](O)[C@](C)(C(C)C)C(C)C(O)C(C)O. The van der Waals surface area contributed by atoms with E-state index < -0.39 is 29.8 Å². The summed E-state index contributed by atoms with van der Waals surface area (Å²) in [5.74, 6) is -0.258. The fraction of sp³-hybridized carbons (Fsp3) is 1.00. The van der Waals surface area contributed by atoms with Gasteiger partial charge < -0.3 is 20.4 Å². The lowest BCUT2D eigenvalue weighted by molar-refractivity contribution is -0.141. The molecule has 0 aliphatic carbocycles. The maximum absolute atomic E-state index is 10.5. The van der Waals surface area contributed by atoms with E-state index in [1.165, 1.54) is 6.92 Å². The molecule has 0 bridgehead atoms. The van der Waals surface area contributed by atoms with E-state index in [4.69, 9.17) is 0 Å². The molecule has 6 atom stereocenters. The summed E-state index contributed by atoms with van der Waals surface area (Å²) < 4.78 is 0. The number of aliphatic hydroxyl groups excluding tert-OH is 4. The molecule has 4 N–H and O–H groups in total. The fourth-order valence-corrected chi connectivity index (χ4v) is 2.79. The van der Waals surface area contributed by atoms with Crippen LogP contribution in [-0.2, 0) is 0 Å². The summed E-state index contributed by atoms with van der Waals surface area (Å²) in [6.45, 7) is 11.1. The molecule has 0 rings (SSSR count). The Bertz CT molecular complexity index is 255. The van der Waals surface area contributed by atoms with Crippen LogP contribution in [0.15, 0.2) is 0 Å². The van der Waals surface area contributed by atoms with Gasteiger partial charge >= 0.3 is 0 Å². The molecule has 116 valence electrons. The third-order valence-electron chi connectivity index (χ3n) is 4.82. The average molecular weight is 276 g/mol. The standard InChI is InChI=1S/C15H32O4/c1-7-8-12(17)14(19)15(6,9(2)3)10(4)13(18)11(5)16/h9-14,16-19H,7-8H2,1-6H3/t10?,11?,12-,13?,14+,15+/m0/s1. The van der Waals surface area contributed by atoms with Gasteiger partial charge in [0.1, 0.15) is 0 Å². The lowest BCUT2D eigenvalue weighted by atomic mass is 9.62. The van der Waals surface area contributed by atoms with E-state index >= 15 is 0 Å². The van der Waals surface area contributed by atoms with Gasteiger partial charge in [0.2, 0.25) is 0 Å². The second-order valence-electron chi connectivity index (χ2n) is 6.34. The molecule has 4 heteroatoms. The first-order valence-corrected chi connectivity index (χ1v) is 7.32. The average Bonchev–Trinajstić information content (AvgIpc) is 2.34. The molecular weight excluding hydrogens is 244 g/mol. The molecule has 3 unspecified atom stereocenters. The van der Waals surface area contributed by atoms with Crippen molar-refractivity contribution < 1.29 is 20.4 Å². The van der Waals surface area contributed by atoms with Crippen molar-refractivity contribution in [3.63, 3.8) is 0 Å². The smallest absolute Gasteiger partial charge is 0.0858 e. The van der Waals surface area contributed by atoms with Crippen molar-refractivity contribution >= 4 is 0 Å². The Kier molecular flexibility index (Phi) is 7.51. The number of rotatable bonds is 8. The highest BCUT2D eigenvalue weighted by atomic mass is 16.3. The van der Waals surface area contributed by atoms with Gasteiger partial charge in [0.05, 0.1) is 24.4 Å². The number of hydrogen-bond donors (Lipinski definition) is 4. The number of hydrogen-bond acceptors (Lipinski definition) is 4. The van der Waals surface area contributed by atoms with Crippen LogP contribution in [0.2, 0.25) is 0 Å². The molecule has 0 saturated heterocycles. The Morgan fingerprint density at radius 1 is 0.947 bits per heavy atom. The molecule has 0 aromatic carbocycles. The molecule has 19 heavy (non-hydrogen) atoms. The monoisotopic (exact) mass is 276 g/mol. The third kappa shape index (κ3) is 4.15. The highest BCUT2D eigenvalue weighted by Gasteiger charge is 2.47. The largest absolute Gasteiger partial charge is 0.391 e. The van der Waals surface area contributed by atoms with Crippen LogP contribution in [-0.4, -0.2) is 44.8 Å². The van der Waals surface area contributed by atoms with Crippen LogP contribution in [0.3, 0.4) is 0 Å². The predicted molar refractivity (Wildman–Crippen MR) is 76.7 cm³/mol. The molecule has 0 spiro atoms. The van der Waals surface area contributed by atoms with E-state index in [2.05, 4.69) is 0 Å². The Morgan fingerprint density at radius 3 is 1.74 bits per heavy atom. The minimum Gasteiger partial charge on any atom is -0.391 e. The molecular formula is C15H32O4. The van der Waals surface area contributed by atoms with Crippen molar-refractivity contribution in [1.82, 2.24) is 0 Å². The topological polar surface area (TPSA) is 80.9 Å². The first-order chi connectivity index (χ1) is 8.60. The van der Waals surface area contributed by atoms with Crippen molar-refractivity contribution in [2.45, 2.75) is 78.8 Å².